The fourth-order valence-electron chi connectivity index (χ4n) is 13.6. The smallest absolute Gasteiger partial charge is 0.434 e. The molecule has 0 aliphatic carbocycles. The SMILES string of the molecule is CN(C)[C@@H]1CCN(Cc2ccc(NC(=O)c3cncc(C#Cc4cnc(N)c5ncccc45)c3)cc2C(F)(F)F)C1.CN1CCN(Cc2ccc(NC(=O)c3cncc(C#Cc4cnc(N)c5ncccc45)c3)cc2OC(F)F)CC1.CN1CCN(Cc2ccc(NC(=O)c3cncc(C#Cc4cnc(N)c5ncccc45)c3)cc2SC(F)(F)F)CC1. The summed E-state index contributed by atoms with van der Waals surface area (Å²) in [4.78, 5) is 89.3. The largest absolute Gasteiger partial charge is 0.446 e. The molecular weight excluding hydrogens is 1600 g/mol. The fourth-order valence-corrected chi connectivity index (χ4v) is 14.3. The number of carbonyl (C=O) groups excluding carboxylic acids is 3. The molecule has 12 aromatic rings. The van der Waals surface area contributed by atoms with Crippen LogP contribution in [0.3, 0.4) is 0 Å². The van der Waals surface area contributed by atoms with Gasteiger partial charge in [-0.2, -0.15) is 35.1 Å². The number of halogens is 8. The Balaban J connectivity index is 0.000000158. The van der Waals surface area contributed by atoms with Crippen molar-refractivity contribution in [2.24, 2.45) is 0 Å². The molecule has 0 saturated carbocycles. The quantitative estimate of drug-likeness (QED) is 0.0297. The summed E-state index contributed by atoms with van der Waals surface area (Å²) in [5, 5.41) is 10.2. The van der Waals surface area contributed by atoms with Crippen LogP contribution in [0.15, 0.2) is 188 Å². The number of likely N-dealkylation sites (N-methyl/N-ethyl adjacent to an activating group) is 3. The van der Waals surface area contributed by atoms with Gasteiger partial charge < -0.3 is 52.6 Å². The van der Waals surface area contributed by atoms with Gasteiger partial charge in [-0.3, -0.25) is 59.0 Å². The van der Waals surface area contributed by atoms with Crippen molar-refractivity contribution in [2.75, 3.05) is 127 Å². The van der Waals surface area contributed by atoms with E-state index < -0.39 is 41.6 Å². The highest BCUT2D eigenvalue weighted by atomic mass is 32.2. The lowest BCUT2D eigenvalue weighted by Gasteiger charge is -2.32. The summed E-state index contributed by atoms with van der Waals surface area (Å²) >= 11 is -0.174. The number of aromatic nitrogens is 9. The van der Waals surface area contributed by atoms with Gasteiger partial charge in [-0.15, -0.1) is 0 Å². The van der Waals surface area contributed by atoms with E-state index in [2.05, 4.69) is 128 Å². The molecule has 3 saturated heterocycles. The normalized spacial score (nSPS) is 14.7. The molecule has 1 atom stereocenters. The Bertz CT molecular complexity index is 6050. The van der Waals surface area contributed by atoms with Crippen molar-refractivity contribution in [3.05, 3.63) is 256 Å². The Morgan fingerprint density at radius 3 is 1.28 bits per heavy atom. The van der Waals surface area contributed by atoms with Crippen molar-refractivity contribution >= 4 is 96.7 Å². The summed E-state index contributed by atoms with van der Waals surface area (Å²) in [6.07, 6.45) is 14.5. The van der Waals surface area contributed by atoms with E-state index in [1.165, 1.54) is 67.5 Å². The zero-order valence-electron chi connectivity index (χ0n) is 66.4. The average molecular weight is 1680 g/mol. The fraction of sp³-hybridized carbons (Fsp3) is 0.250. The number of amides is 3. The first kappa shape index (κ1) is 86.5. The lowest BCUT2D eigenvalue weighted by molar-refractivity contribution is -0.138. The maximum atomic E-state index is 14.0. The molecule has 15 rings (SSSR count). The molecule has 9 aromatic heterocycles. The van der Waals surface area contributed by atoms with E-state index >= 15 is 0 Å². The number of nitrogens with zero attached hydrogens (tertiary/aromatic N) is 15. The summed E-state index contributed by atoms with van der Waals surface area (Å²) in [5.74, 6) is 17.4. The minimum Gasteiger partial charge on any atom is -0.434 e. The average Bonchev–Trinajstić information content (AvgIpc) is 1.34. The highest BCUT2D eigenvalue weighted by Crippen LogP contribution is 2.41. The molecule has 3 aromatic carbocycles. The molecule has 9 N–H and O–H groups in total. The van der Waals surface area contributed by atoms with Gasteiger partial charge in [0.25, 0.3) is 17.7 Å². The molecule has 0 unspecified atom stereocenters. The minimum absolute atomic E-state index is 0.0308. The number of pyridine rings is 9. The molecule has 25 nitrogen and oxygen atoms in total. The van der Waals surface area contributed by atoms with E-state index in [9.17, 15) is 49.5 Å². The highest BCUT2D eigenvalue weighted by Gasteiger charge is 2.36. The Morgan fingerprint density at radius 1 is 0.484 bits per heavy atom. The number of ether oxygens (including phenoxy) is 1. The van der Waals surface area contributed by atoms with Crippen molar-refractivity contribution in [3.8, 4) is 41.3 Å². The number of nitrogens with two attached hydrogens (primary N) is 3. The van der Waals surface area contributed by atoms with Crippen LogP contribution >= 0.6 is 11.8 Å². The summed E-state index contributed by atoms with van der Waals surface area (Å²) < 4.78 is 113. The number of thioether (sulfide) groups is 1. The van der Waals surface area contributed by atoms with E-state index in [1.54, 1.807) is 91.8 Å². The number of fused-ring (bicyclic) bond motifs is 3. The first-order valence-corrected chi connectivity index (χ1v) is 39.1. The molecule has 3 aliphatic heterocycles. The van der Waals surface area contributed by atoms with Crippen LogP contribution in [-0.4, -0.2) is 204 Å². The van der Waals surface area contributed by atoms with Gasteiger partial charge in [0.1, 0.15) is 39.8 Å². The maximum absolute atomic E-state index is 14.0. The number of likely N-dealkylation sites (tertiary alicyclic amines) is 1. The lowest BCUT2D eigenvalue weighted by atomic mass is 10.0. The maximum Gasteiger partial charge on any atom is 0.446 e. The number of hydrogen-bond acceptors (Lipinski definition) is 23. The number of carbonyl (C=O) groups is 3. The Labute approximate surface area is 700 Å². The second kappa shape index (κ2) is 39.2. The number of alkyl halides is 8. The lowest BCUT2D eigenvalue weighted by Crippen LogP contribution is -2.43. The number of hydrogen-bond donors (Lipinski definition) is 6. The predicted molar refractivity (Wildman–Crippen MR) is 452 cm³/mol. The van der Waals surface area contributed by atoms with E-state index in [-0.39, 0.29) is 62.6 Å². The van der Waals surface area contributed by atoms with Crippen LogP contribution in [0.4, 0.5) is 69.6 Å². The molecule has 0 radical (unpaired) electrons. The van der Waals surface area contributed by atoms with Crippen LogP contribution in [0.2, 0.25) is 0 Å². The third kappa shape index (κ3) is 23.2. The van der Waals surface area contributed by atoms with Crippen LogP contribution in [0.5, 0.6) is 5.75 Å². The van der Waals surface area contributed by atoms with Gasteiger partial charge in [-0.1, -0.05) is 53.7 Å². The molecule has 12 heterocycles. The standard InChI is InChI=1S/C30H28F3N7O.C29H26F3N7OS.C29H27F2N7O2/c1-39(2)24-9-11-40(18-24)17-21-7-8-23(13-26(21)30(31,32)33)38-29(41)22-12-19(14-35-15-22)5-6-20-16-37-28(34)27-25(20)4-3-10-36-27;1-38-9-11-39(12-10-38)18-21-6-7-23(14-25(21)41-29(30,31)32)37-28(40)22-13-19(15-34-16-22)4-5-20-17-36-27(33)26-24(20)3-2-8-35-26;1-37-9-11-38(12-10-37)18-21-6-7-23(14-25(21)40-29(30)31)36-28(39)22-13-19(15-33-16-22)4-5-20-17-35-27(32)26-24(20)3-2-8-34-26/h3-4,7-8,10,12-16,24H,9,11,17-18H2,1-2H3,(H2,34,37)(H,38,41);2-3,6-8,13-17H,9-12,18H2,1H3,(H2,33,36)(H,37,40);2-3,6-8,13-17,29H,9-12,18H2,1H3,(H2,32,35)(H,36,39)/t24-;;/m1../s1. The summed E-state index contributed by atoms with van der Waals surface area (Å²) in [7, 11) is 8.02. The highest BCUT2D eigenvalue weighted by molar-refractivity contribution is 8.00. The molecule has 624 valence electrons. The van der Waals surface area contributed by atoms with Crippen molar-refractivity contribution in [1.29, 1.82) is 0 Å². The van der Waals surface area contributed by atoms with Crippen LogP contribution < -0.4 is 37.9 Å². The summed E-state index contributed by atoms with van der Waals surface area (Å²) in [6.45, 7) is 6.26. The molecule has 3 amide bonds. The molecule has 34 heteroatoms. The molecule has 122 heavy (non-hydrogen) atoms. The number of nitrogens with one attached hydrogen (secondary N) is 3. The molecule has 3 aliphatic rings. The molecule has 3 fully saturated rings. The van der Waals surface area contributed by atoms with Gasteiger partial charge >= 0.3 is 18.3 Å². The third-order valence-electron chi connectivity index (χ3n) is 20.2. The number of benzene rings is 3. The van der Waals surface area contributed by atoms with Gasteiger partial charge in [0, 0.05) is 232 Å². The van der Waals surface area contributed by atoms with Crippen LogP contribution in [0.25, 0.3) is 32.7 Å². The van der Waals surface area contributed by atoms with Gasteiger partial charge in [-0.25, -0.2) is 15.0 Å². The van der Waals surface area contributed by atoms with E-state index in [1.807, 2.05) is 44.2 Å². The van der Waals surface area contributed by atoms with Gasteiger partial charge in [0.2, 0.25) is 0 Å². The van der Waals surface area contributed by atoms with Crippen molar-refractivity contribution in [2.45, 2.75) is 55.3 Å². The van der Waals surface area contributed by atoms with Crippen molar-refractivity contribution < 1.29 is 54.2 Å². The first-order valence-electron chi connectivity index (χ1n) is 38.3. The van der Waals surface area contributed by atoms with Crippen LogP contribution in [0, 0.1) is 35.5 Å². The van der Waals surface area contributed by atoms with Crippen molar-refractivity contribution in [1.82, 2.24) is 74.3 Å². The summed E-state index contributed by atoms with van der Waals surface area (Å²) in [5.41, 5.74) is 20.0. The number of rotatable bonds is 16. The first-order chi connectivity index (χ1) is 58.6. The predicted octanol–water partition coefficient (Wildman–Crippen LogP) is 12.6. The van der Waals surface area contributed by atoms with E-state index in [4.69, 9.17) is 21.9 Å². The monoisotopic (exact) mass is 1680 g/mol. The van der Waals surface area contributed by atoms with Gasteiger partial charge in [-0.05, 0) is 142 Å². The molecular formula is C88H81F8N21O4S. The Kier molecular flexibility index (Phi) is 27.8. The van der Waals surface area contributed by atoms with Gasteiger partial charge in [0.15, 0.2) is 0 Å². The van der Waals surface area contributed by atoms with Gasteiger partial charge in [0.05, 0.1) is 38.9 Å². The zero-order valence-corrected chi connectivity index (χ0v) is 67.2. The number of piperazine rings is 2. The Morgan fingerprint density at radius 2 is 0.877 bits per heavy atom. The number of anilines is 6. The zero-order chi connectivity index (χ0) is 86.2. The number of nitrogen functional groups attached to an aromatic ring is 3. The van der Waals surface area contributed by atoms with Crippen LogP contribution in [-0.2, 0) is 25.8 Å². The second-order valence-corrected chi connectivity index (χ2v) is 30.2. The molecule has 0 bridgehead atoms. The van der Waals surface area contributed by atoms with E-state index in [0.717, 1.165) is 87.5 Å². The van der Waals surface area contributed by atoms with Crippen LogP contribution in [0.1, 0.15) is 93.1 Å². The third-order valence-corrected chi connectivity index (χ3v) is 21.0. The Hall–Kier alpha value is -13.4. The van der Waals surface area contributed by atoms with E-state index in [0.29, 0.717) is 110 Å². The second-order valence-electron chi connectivity index (χ2n) is 29.1. The molecule has 0 spiro atoms. The topological polar surface area (TPSA) is 310 Å². The van der Waals surface area contributed by atoms with Crippen molar-refractivity contribution in [3.63, 3.8) is 0 Å². The summed E-state index contributed by atoms with van der Waals surface area (Å²) in [6, 6.07) is 29.2. The minimum atomic E-state index is -4.57.